The summed E-state index contributed by atoms with van der Waals surface area (Å²) in [5.41, 5.74) is 1.47. The number of nitrogens with one attached hydrogen (secondary N) is 1. The van der Waals surface area contributed by atoms with Crippen LogP contribution in [0.3, 0.4) is 0 Å². The molecule has 1 heterocycles. The predicted molar refractivity (Wildman–Crippen MR) is 80.0 cm³/mol. The zero-order valence-corrected chi connectivity index (χ0v) is 12.9. The lowest BCUT2D eigenvalue weighted by Crippen LogP contribution is -2.51. The number of rotatable bonds is 5. The minimum Gasteiger partial charge on any atom is -0.308 e. The Kier molecular flexibility index (Phi) is 5.83. The van der Waals surface area contributed by atoms with Crippen LogP contribution >= 0.6 is 0 Å². The summed E-state index contributed by atoms with van der Waals surface area (Å²) < 4.78 is 0. The third-order valence-electron chi connectivity index (χ3n) is 3.65. The van der Waals surface area contributed by atoms with Gasteiger partial charge in [-0.25, -0.2) is 0 Å². The first-order chi connectivity index (χ1) is 8.31. The van der Waals surface area contributed by atoms with Crippen molar-refractivity contribution < 1.29 is 0 Å². The van der Waals surface area contributed by atoms with Crippen molar-refractivity contribution in [3.8, 4) is 0 Å². The lowest BCUT2D eigenvalue weighted by Gasteiger charge is -2.39. The molecule has 0 aliphatic carbocycles. The van der Waals surface area contributed by atoms with Crippen LogP contribution in [0.5, 0.6) is 0 Å². The van der Waals surface area contributed by atoms with Gasteiger partial charge in [0, 0.05) is 44.3 Å². The second-order valence-corrected chi connectivity index (χ2v) is 6.63. The molecule has 3 heteroatoms. The van der Waals surface area contributed by atoms with E-state index in [-0.39, 0.29) is 5.54 Å². The zero-order chi connectivity index (χ0) is 13.8. The Morgan fingerprint density at radius 3 is 2.56 bits per heavy atom. The van der Waals surface area contributed by atoms with Crippen LogP contribution in [0, 0.1) is 0 Å². The van der Waals surface area contributed by atoms with Gasteiger partial charge in [-0.15, -0.1) is 0 Å². The van der Waals surface area contributed by atoms with Crippen LogP contribution < -0.4 is 5.32 Å². The molecule has 1 aliphatic rings. The summed E-state index contributed by atoms with van der Waals surface area (Å²) in [6, 6.07) is 0.710. The topological polar surface area (TPSA) is 18.5 Å². The maximum Gasteiger partial charge on any atom is 0.0218 e. The van der Waals surface area contributed by atoms with Crippen molar-refractivity contribution in [2.75, 3.05) is 39.8 Å². The summed E-state index contributed by atoms with van der Waals surface area (Å²) in [7, 11) is 2.24. The third-order valence-corrected chi connectivity index (χ3v) is 3.65. The average Bonchev–Trinajstić information content (AvgIpc) is 2.28. The number of likely N-dealkylation sites (N-methyl/N-ethyl adjacent to an activating group) is 1. The van der Waals surface area contributed by atoms with Crippen LogP contribution in [-0.2, 0) is 0 Å². The molecule has 1 fully saturated rings. The highest BCUT2D eigenvalue weighted by Crippen LogP contribution is 2.12. The fraction of sp³-hybridized carbons (Fsp3) is 0.867. The first kappa shape index (κ1) is 15.7. The Morgan fingerprint density at radius 2 is 2.00 bits per heavy atom. The van der Waals surface area contributed by atoms with Gasteiger partial charge < -0.3 is 10.2 Å². The average molecular weight is 253 g/mol. The van der Waals surface area contributed by atoms with E-state index in [2.05, 4.69) is 56.4 Å². The fourth-order valence-electron chi connectivity index (χ4n) is 2.36. The second-order valence-electron chi connectivity index (χ2n) is 6.63. The molecule has 1 aliphatic heterocycles. The quantitative estimate of drug-likeness (QED) is 0.756. The third kappa shape index (κ3) is 5.51. The van der Waals surface area contributed by atoms with E-state index in [1.807, 2.05) is 0 Å². The summed E-state index contributed by atoms with van der Waals surface area (Å²) in [5, 5.41) is 3.51. The molecule has 0 aromatic rings. The van der Waals surface area contributed by atoms with Crippen LogP contribution in [0.25, 0.3) is 0 Å². The monoisotopic (exact) mass is 253 g/mol. The first-order valence-corrected chi connectivity index (χ1v) is 7.16. The molecule has 1 saturated heterocycles. The highest BCUT2D eigenvalue weighted by molar-refractivity contribution is 5.02. The van der Waals surface area contributed by atoms with Gasteiger partial charge in [0.25, 0.3) is 0 Å². The first-order valence-electron chi connectivity index (χ1n) is 7.16. The number of hydrogen-bond acceptors (Lipinski definition) is 3. The summed E-state index contributed by atoms with van der Waals surface area (Å²) in [4.78, 5) is 5.02. The van der Waals surface area contributed by atoms with Gasteiger partial charge in [0.05, 0.1) is 0 Å². The highest BCUT2D eigenvalue weighted by Gasteiger charge is 2.22. The Bertz CT molecular complexity index is 267. The van der Waals surface area contributed by atoms with Crippen molar-refractivity contribution in [1.82, 2.24) is 15.1 Å². The summed E-state index contributed by atoms with van der Waals surface area (Å²) in [5.74, 6) is 0. The van der Waals surface area contributed by atoms with Gasteiger partial charge in [-0.1, -0.05) is 13.5 Å². The van der Waals surface area contributed by atoms with Gasteiger partial charge in [0.1, 0.15) is 0 Å². The van der Waals surface area contributed by atoms with E-state index in [1.165, 1.54) is 31.6 Å². The van der Waals surface area contributed by atoms with Gasteiger partial charge in [-0.3, -0.25) is 4.90 Å². The molecular weight excluding hydrogens is 222 g/mol. The fourth-order valence-corrected chi connectivity index (χ4v) is 2.36. The molecule has 106 valence electrons. The van der Waals surface area contributed by atoms with E-state index < -0.39 is 0 Å². The molecule has 0 aromatic heterocycles. The molecule has 0 amide bonds. The smallest absolute Gasteiger partial charge is 0.0218 e. The molecule has 1 atom stereocenters. The van der Waals surface area contributed by atoms with E-state index in [0.29, 0.717) is 6.04 Å². The summed E-state index contributed by atoms with van der Waals surface area (Å²) >= 11 is 0. The van der Waals surface area contributed by atoms with Crippen molar-refractivity contribution >= 4 is 0 Å². The van der Waals surface area contributed by atoms with Crippen LogP contribution in [0.1, 0.15) is 34.1 Å². The van der Waals surface area contributed by atoms with Gasteiger partial charge in [0.2, 0.25) is 0 Å². The maximum atomic E-state index is 4.20. The second kappa shape index (κ2) is 6.69. The van der Waals surface area contributed by atoms with Crippen LogP contribution in [-0.4, -0.2) is 61.2 Å². The molecule has 1 rings (SSSR count). The highest BCUT2D eigenvalue weighted by atomic mass is 15.3. The Morgan fingerprint density at radius 1 is 1.33 bits per heavy atom. The molecular formula is C15H31N3. The van der Waals surface area contributed by atoms with Gasteiger partial charge in [-0.05, 0) is 39.8 Å². The number of nitrogens with zero attached hydrogens (tertiary/aromatic N) is 2. The van der Waals surface area contributed by atoms with Crippen LogP contribution in [0.15, 0.2) is 12.2 Å². The number of hydrogen-bond donors (Lipinski definition) is 1. The number of piperazine rings is 1. The van der Waals surface area contributed by atoms with Crippen LogP contribution in [0.4, 0.5) is 0 Å². The molecule has 0 saturated carbocycles. The predicted octanol–water partition coefficient (Wildman–Crippen LogP) is 1.96. The SMILES string of the molecule is C=C(CNC(C)(C)C)CN1CCN(C)C(CC)C1. The summed E-state index contributed by atoms with van der Waals surface area (Å²) in [6.07, 6.45) is 1.24. The minimum absolute atomic E-state index is 0.178. The Labute approximate surface area is 113 Å². The molecule has 0 spiro atoms. The molecule has 18 heavy (non-hydrogen) atoms. The van der Waals surface area contributed by atoms with Crippen molar-refractivity contribution in [3.05, 3.63) is 12.2 Å². The Hall–Kier alpha value is -0.380. The maximum absolute atomic E-state index is 4.20. The van der Waals surface area contributed by atoms with Crippen molar-refractivity contribution in [2.45, 2.75) is 45.7 Å². The molecule has 3 nitrogen and oxygen atoms in total. The standard InChI is InChI=1S/C15H31N3/c1-7-14-12-18(9-8-17(14)6)11-13(2)10-16-15(3,4)5/h14,16H,2,7-12H2,1,3-6H3. The Balaban J connectivity index is 2.32. The molecule has 0 bridgehead atoms. The minimum atomic E-state index is 0.178. The molecule has 1 unspecified atom stereocenters. The van der Waals surface area contributed by atoms with Crippen LogP contribution in [0.2, 0.25) is 0 Å². The van der Waals surface area contributed by atoms with Gasteiger partial charge >= 0.3 is 0 Å². The molecule has 1 N–H and O–H groups in total. The van der Waals surface area contributed by atoms with E-state index >= 15 is 0 Å². The molecule has 0 aromatic carbocycles. The largest absolute Gasteiger partial charge is 0.308 e. The van der Waals surface area contributed by atoms with E-state index in [0.717, 1.165) is 13.1 Å². The lowest BCUT2D eigenvalue weighted by atomic mass is 10.1. The lowest BCUT2D eigenvalue weighted by molar-refractivity contribution is 0.0995. The van der Waals surface area contributed by atoms with Gasteiger partial charge in [-0.2, -0.15) is 0 Å². The van der Waals surface area contributed by atoms with E-state index in [9.17, 15) is 0 Å². The molecule has 0 radical (unpaired) electrons. The van der Waals surface area contributed by atoms with Crippen molar-refractivity contribution in [3.63, 3.8) is 0 Å². The van der Waals surface area contributed by atoms with Crippen molar-refractivity contribution in [2.24, 2.45) is 0 Å². The van der Waals surface area contributed by atoms with Gasteiger partial charge in [0.15, 0.2) is 0 Å². The van der Waals surface area contributed by atoms with Crippen molar-refractivity contribution in [1.29, 1.82) is 0 Å². The van der Waals surface area contributed by atoms with E-state index in [1.54, 1.807) is 0 Å². The van der Waals surface area contributed by atoms with E-state index in [4.69, 9.17) is 0 Å². The normalized spacial score (nSPS) is 23.3. The zero-order valence-electron chi connectivity index (χ0n) is 12.9. The summed E-state index contributed by atoms with van der Waals surface area (Å²) in [6.45, 7) is 18.6.